The van der Waals surface area contributed by atoms with E-state index in [1.54, 1.807) is 20.8 Å². The quantitative estimate of drug-likeness (QED) is 0.562. The van der Waals surface area contributed by atoms with Gasteiger partial charge in [-0.25, -0.2) is 0 Å². The van der Waals surface area contributed by atoms with E-state index in [4.69, 9.17) is 14.2 Å². The molecule has 1 aliphatic rings. The normalized spacial score (nSPS) is 22.1. The predicted molar refractivity (Wildman–Crippen MR) is 78.7 cm³/mol. The largest absolute Gasteiger partial charge is 0.460 e. The zero-order chi connectivity index (χ0) is 16.5. The second-order valence-corrected chi connectivity index (χ2v) is 5.93. The molecular weight excluding hydrogens is 320 g/mol. The van der Waals surface area contributed by atoms with Crippen LogP contribution in [0.4, 0.5) is 17.6 Å². The third kappa shape index (κ3) is 5.60. The molecule has 0 aromatic heterocycles. The minimum atomic E-state index is -4.34. The van der Waals surface area contributed by atoms with E-state index in [0.717, 1.165) is 0 Å². The standard InChI is InChI=1S/C13H20F4O4.2CH4/c1-5-10(2,3)9(18)19-6-11(4)20-7-12(14,15)13(16,17)8-21-11;;/h5-8H2,1-4H3;2*1H4. The molecule has 0 spiro atoms. The molecule has 0 aromatic carbocycles. The SMILES string of the molecule is C.C.CCC(C)(C)C(=O)OCC1(C)OCC(F)(F)C(F)(F)CO1. The number of carbonyl (C=O) groups is 1. The number of rotatable bonds is 4. The molecule has 0 aromatic rings. The van der Waals surface area contributed by atoms with Crippen molar-refractivity contribution in [2.45, 2.75) is 66.6 Å². The maximum atomic E-state index is 13.2. The molecular formula is C15H28F4O4. The summed E-state index contributed by atoms with van der Waals surface area (Å²) in [6, 6.07) is 0. The Hall–Kier alpha value is -0.890. The molecule has 4 nitrogen and oxygen atoms in total. The molecule has 0 amide bonds. The van der Waals surface area contributed by atoms with E-state index in [9.17, 15) is 22.4 Å². The highest BCUT2D eigenvalue weighted by atomic mass is 19.3. The number of esters is 1. The summed E-state index contributed by atoms with van der Waals surface area (Å²) in [6.45, 7) is 2.70. The first-order valence-corrected chi connectivity index (χ1v) is 6.56. The maximum absolute atomic E-state index is 13.2. The minimum absolute atomic E-state index is 0. The lowest BCUT2D eigenvalue weighted by atomic mass is 9.91. The van der Waals surface area contributed by atoms with E-state index in [1.165, 1.54) is 6.92 Å². The zero-order valence-corrected chi connectivity index (χ0v) is 12.5. The average Bonchev–Trinajstić information content (AvgIpc) is 2.47. The van der Waals surface area contributed by atoms with Crippen LogP contribution in [0.5, 0.6) is 0 Å². The first kappa shape index (κ1) is 24.4. The molecule has 0 atom stereocenters. The molecule has 1 aliphatic heterocycles. The Morgan fingerprint density at radius 3 is 1.83 bits per heavy atom. The van der Waals surface area contributed by atoms with Crippen LogP contribution >= 0.6 is 0 Å². The highest BCUT2D eigenvalue weighted by Crippen LogP contribution is 2.39. The van der Waals surface area contributed by atoms with E-state index >= 15 is 0 Å². The van der Waals surface area contributed by atoms with Gasteiger partial charge in [0.25, 0.3) is 0 Å². The number of carbonyl (C=O) groups excluding carboxylic acids is 1. The molecule has 8 heteroatoms. The molecule has 0 aliphatic carbocycles. The molecule has 1 saturated heterocycles. The van der Waals surface area contributed by atoms with Crippen molar-refractivity contribution >= 4 is 5.97 Å². The molecule has 0 radical (unpaired) electrons. The van der Waals surface area contributed by atoms with Gasteiger partial charge in [0.05, 0.1) is 5.41 Å². The first-order valence-electron chi connectivity index (χ1n) is 6.56. The lowest BCUT2D eigenvalue weighted by molar-refractivity contribution is -0.249. The van der Waals surface area contributed by atoms with Crippen molar-refractivity contribution in [1.82, 2.24) is 0 Å². The van der Waals surface area contributed by atoms with Gasteiger partial charge in [0, 0.05) is 0 Å². The lowest BCUT2D eigenvalue weighted by Gasteiger charge is -2.29. The summed E-state index contributed by atoms with van der Waals surface area (Å²) < 4.78 is 67.0. The summed E-state index contributed by atoms with van der Waals surface area (Å²) >= 11 is 0. The summed E-state index contributed by atoms with van der Waals surface area (Å²) in [6.07, 6.45) is 0.500. The van der Waals surface area contributed by atoms with E-state index in [1.807, 2.05) is 0 Å². The summed E-state index contributed by atoms with van der Waals surface area (Å²) in [5.41, 5.74) is -0.769. The summed E-state index contributed by atoms with van der Waals surface area (Å²) in [7, 11) is 0. The highest BCUT2D eigenvalue weighted by molar-refractivity contribution is 5.75. The van der Waals surface area contributed by atoms with Crippen LogP contribution in [-0.4, -0.2) is 43.4 Å². The van der Waals surface area contributed by atoms with Crippen molar-refractivity contribution in [3.8, 4) is 0 Å². The lowest BCUT2D eigenvalue weighted by Crippen LogP contribution is -2.45. The number of hydrogen-bond donors (Lipinski definition) is 0. The van der Waals surface area contributed by atoms with Crippen LogP contribution in [0, 0.1) is 5.41 Å². The van der Waals surface area contributed by atoms with Crippen molar-refractivity contribution in [3.05, 3.63) is 0 Å². The summed E-state index contributed by atoms with van der Waals surface area (Å²) in [5, 5.41) is 0. The fourth-order valence-corrected chi connectivity index (χ4v) is 1.36. The highest BCUT2D eigenvalue weighted by Gasteiger charge is 2.60. The van der Waals surface area contributed by atoms with Crippen molar-refractivity contribution in [1.29, 1.82) is 0 Å². The molecule has 23 heavy (non-hydrogen) atoms. The minimum Gasteiger partial charge on any atom is -0.460 e. The monoisotopic (exact) mass is 348 g/mol. The van der Waals surface area contributed by atoms with E-state index in [2.05, 4.69) is 0 Å². The van der Waals surface area contributed by atoms with E-state index in [-0.39, 0.29) is 14.9 Å². The second-order valence-electron chi connectivity index (χ2n) is 5.93. The van der Waals surface area contributed by atoms with E-state index < -0.39 is 48.8 Å². The Morgan fingerprint density at radius 2 is 1.48 bits per heavy atom. The van der Waals surface area contributed by atoms with Crippen LogP contribution in [-0.2, 0) is 19.0 Å². The van der Waals surface area contributed by atoms with Gasteiger partial charge in [0.2, 0.25) is 5.79 Å². The van der Waals surface area contributed by atoms with Gasteiger partial charge in [-0.1, -0.05) is 21.8 Å². The van der Waals surface area contributed by atoms with Crippen LogP contribution in [0.1, 0.15) is 49.0 Å². The van der Waals surface area contributed by atoms with Crippen molar-refractivity contribution < 1.29 is 36.6 Å². The third-order valence-electron chi connectivity index (χ3n) is 3.55. The Balaban J connectivity index is 0. The maximum Gasteiger partial charge on any atom is 0.335 e. The Morgan fingerprint density at radius 1 is 1.09 bits per heavy atom. The van der Waals surface area contributed by atoms with Gasteiger partial charge in [0.15, 0.2) is 0 Å². The van der Waals surface area contributed by atoms with Crippen LogP contribution in [0.25, 0.3) is 0 Å². The molecule has 0 saturated carbocycles. The van der Waals surface area contributed by atoms with Crippen LogP contribution in [0.15, 0.2) is 0 Å². The number of alkyl halides is 4. The van der Waals surface area contributed by atoms with Gasteiger partial charge < -0.3 is 14.2 Å². The number of hydrogen-bond acceptors (Lipinski definition) is 4. The Labute approximate surface area is 135 Å². The van der Waals surface area contributed by atoms with Crippen LogP contribution in [0.3, 0.4) is 0 Å². The Kier molecular flexibility index (Phi) is 8.25. The third-order valence-corrected chi connectivity index (χ3v) is 3.55. The molecule has 1 rings (SSSR count). The molecule has 0 N–H and O–H groups in total. The van der Waals surface area contributed by atoms with Crippen molar-refractivity contribution in [3.63, 3.8) is 0 Å². The molecule has 0 bridgehead atoms. The number of halogens is 4. The zero-order valence-electron chi connectivity index (χ0n) is 12.5. The van der Waals surface area contributed by atoms with Gasteiger partial charge in [-0.05, 0) is 27.2 Å². The van der Waals surface area contributed by atoms with Crippen molar-refractivity contribution in [2.75, 3.05) is 19.8 Å². The number of ether oxygens (including phenoxy) is 3. The van der Waals surface area contributed by atoms with Gasteiger partial charge in [-0.15, -0.1) is 0 Å². The van der Waals surface area contributed by atoms with Crippen LogP contribution in [0.2, 0.25) is 0 Å². The van der Waals surface area contributed by atoms with E-state index in [0.29, 0.717) is 6.42 Å². The molecule has 1 heterocycles. The predicted octanol–water partition coefficient (Wildman–Crippen LogP) is 4.27. The van der Waals surface area contributed by atoms with Gasteiger partial charge in [0.1, 0.15) is 19.8 Å². The topological polar surface area (TPSA) is 44.8 Å². The van der Waals surface area contributed by atoms with Crippen LogP contribution < -0.4 is 0 Å². The van der Waals surface area contributed by atoms with Crippen molar-refractivity contribution in [2.24, 2.45) is 5.41 Å². The fraction of sp³-hybridized carbons (Fsp3) is 0.933. The van der Waals surface area contributed by atoms with Gasteiger partial charge >= 0.3 is 17.8 Å². The average molecular weight is 348 g/mol. The van der Waals surface area contributed by atoms with Gasteiger partial charge in [-0.2, -0.15) is 17.6 Å². The second kappa shape index (κ2) is 7.79. The first-order chi connectivity index (χ1) is 9.35. The molecule has 140 valence electrons. The summed E-state index contributed by atoms with van der Waals surface area (Å²) in [4.78, 5) is 11.8. The smallest absolute Gasteiger partial charge is 0.335 e. The Bertz CT molecular complexity index is 379. The summed E-state index contributed by atoms with van der Waals surface area (Å²) in [5.74, 6) is -11.1. The molecule has 0 unspecified atom stereocenters. The van der Waals surface area contributed by atoms with Gasteiger partial charge in [-0.3, -0.25) is 4.79 Å². The molecule has 1 fully saturated rings. The fourth-order valence-electron chi connectivity index (χ4n) is 1.36.